The largest absolute Gasteiger partial charge is 0.394 e. The summed E-state index contributed by atoms with van der Waals surface area (Å²) in [5, 5.41) is 20.1. The van der Waals surface area contributed by atoms with Crippen LogP contribution in [0.2, 0.25) is 0 Å². The lowest BCUT2D eigenvalue weighted by Crippen LogP contribution is -2.33. The van der Waals surface area contributed by atoms with Crippen molar-refractivity contribution in [3.63, 3.8) is 0 Å². The van der Waals surface area contributed by atoms with Gasteiger partial charge in [0.25, 0.3) is 5.91 Å². The Morgan fingerprint density at radius 2 is 2.00 bits per heavy atom. The molecular weight excluding hydrogens is 262 g/mol. The van der Waals surface area contributed by atoms with Gasteiger partial charge in [-0.2, -0.15) is 0 Å². The van der Waals surface area contributed by atoms with Crippen LogP contribution in [0.5, 0.6) is 0 Å². The van der Waals surface area contributed by atoms with Gasteiger partial charge < -0.3 is 15.5 Å². The maximum atomic E-state index is 11.5. The van der Waals surface area contributed by atoms with Gasteiger partial charge in [0.15, 0.2) is 0 Å². The molecule has 4 nitrogen and oxygen atoms in total. The number of carbonyl (C=O) groups is 1. The van der Waals surface area contributed by atoms with Crippen LogP contribution < -0.4 is 5.32 Å². The molecule has 1 aromatic carbocycles. The maximum absolute atomic E-state index is 11.5. The molecule has 0 saturated carbocycles. The van der Waals surface area contributed by atoms with Crippen LogP contribution in [0.4, 0.5) is 0 Å². The Kier molecular flexibility index (Phi) is 4.74. The molecule has 0 saturated heterocycles. The maximum Gasteiger partial charge on any atom is 0.251 e. The first kappa shape index (κ1) is 12.2. The molecule has 1 unspecified atom stereocenters. The van der Waals surface area contributed by atoms with Crippen molar-refractivity contribution in [2.24, 2.45) is 0 Å². The summed E-state index contributed by atoms with van der Waals surface area (Å²) in [6.45, 7) is -0.313. The Hall–Kier alpha value is -0.910. The van der Waals surface area contributed by atoms with Gasteiger partial charge in [-0.25, -0.2) is 0 Å². The molecule has 82 valence electrons. The molecule has 1 rings (SSSR count). The number of hydrogen-bond acceptors (Lipinski definition) is 3. The first-order valence-corrected chi connectivity index (χ1v) is 5.25. The van der Waals surface area contributed by atoms with Crippen LogP contribution >= 0.6 is 15.9 Å². The summed E-state index contributed by atoms with van der Waals surface area (Å²) in [7, 11) is 0. The van der Waals surface area contributed by atoms with Crippen molar-refractivity contribution < 1.29 is 15.0 Å². The lowest BCUT2D eigenvalue weighted by molar-refractivity contribution is 0.0802. The zero-order chi connectivity index (χ0) is 11.3. The molecule has 15 heavy (non-hydrogen) atoms. The predicted octanol–water partition coefficient (Wildman–Crippen LogP) is 0.532. The molecule has 0 aliphatic heterocycles. The zero-order valence-corrected chi connectivity index (χ0v) is 9.57. The van der Waals surface area contributed by atoms with E-state index in [1.807, 2.05) is 0 Å². The Morgan fingerprint density at radius 3 is 2.53 bits per heavy atom. The number of amides is 1. The van der Waals surface area contributed by atoms with E-state index in [2.05, 4.69) is 21.2 Å². The van der Waals surface area contributed by atoms with E-state index in [0.717, 1.165) is 4.47 Å². The van der Waals surface area contributed by atoms with Gasteiger partial charge in [-0.05, 0) is 24.3 Å². The summed E-state index contributed by atoms with van der Waals surface area (Å²) in [6, 6.07) is 6.87. The molecule has 1 amide bonds. The van der Waals surface area contributed by atoms with Gasteiger partial charge in [-0.3, -0.25) is 4.79 Å². The van der Waals surface area contributed by atoms with E-state index in [1.54, 1.807) is 24.3 Å². The van der Waals surface area contributed by atoms with Gasteiger partial charge in [0, 0.05) is 16.6 Å². The van der Waals surface area contributed by atoms with E-state index >= 15 is 0 Å². The summed E-state index contributed by atoms with van der Waals surface area (Å²) in [5.41, 5.74) is 0.517. The van der Waals surface area contributed by atoms with E-state index in [1.165, 1.54) is 0 Å². The van der Waals surface area contributed by atoms with Crippen molar-refractivity contribution in [2.45, 2.75) is 6.10 Å². The fraction of sp³-hybridized carbons (Fsp3) is 0.300. The minimum Gasteiger partial charge on any atom is -0.394 e. The van der Waals surface area contributed by atoms with Gasteiger partial charge in [-0.1, -0.05) is 15.9 Å². The average Bonchev–Trinajstić information content (AvgIpc) is 2.26. The van der Waals surface area contributed by atoms with Crippen LogP contribution in [0.1, 0.15) is 10.4 Å². The highest BCUT2D eigenvalue weighted by Crippen LogP contribution is 2.10. The number of aliphatic hydroxyl groups excluding tert-OH is 2. The van der Waals surface area contributed by atoms with Crippen LogP contribution in [-0.4, -0.2) is 35.4 Å². The minimum absolute atomic E-state index is 0.0470. The smallest absolute Gasteiger partial charge is 0.251 e. The molecular formula is C10H12BrNO3. The third-order valence-corrected chi connectivity index (χ3v) is 2.34. The SMILES string of the molecule is O=C(NCC(O)CO)c1ccc(Br)cc1. The second-order valence-corrected chi connectivity index (χ2v) is 3.97. The number of nitrogens with one attached hydrogen (secondary N) is 1. The quantitative estimate of drug-likeness (QED) is 0.750. The lowest BCUT2D eigenvalue weighted by atomic mass is 10.2. The van der Waals surface area contributed by atoms with E-state index < -0.39 is 6.10 Å². The number of benzene rings is 1. The standard InChI is InChI=1S/C10H12BrNO3/c11-8-3-1-7(2-4-8)10(15)12-5-9(14)6-13/h1-4,9,13-14H,5-6H2,(H,12,15). The van der Waals surface area contributed by atoms with E-state index in [0.29, 0.717) is 5.56 Å². The molecule has 0 heterocycles. The molecule has 0 bridgehead atoms. The number of hydrogen-bond donors (Lipinski definition) is 3. The predicted molar refractivity (Wildman–Crippen MR) is 59.6 cm³/mol. The Morgan fingerprint density at radius 1 is 1.40 bits per heavy atom. The third-order valence-electron chi connectivity index (χ3n) is 1.82. The molecule has 0 aromatic heterocycles. The highest BCUT2D eigenvalue weighted by atomic mass is 79.9. The van der Waals surface area contributed by atoms with Crippen LogP contribution in [0.25, 0.3) is 0 Å². The highest BCUT2D eigenvalue weighted by Gasteiger charge is 2.07. The van der Waals surface area contributed by atoms with Crippen LogP contribution in [0, 0.1) is 0 Å². The first-order valence-electron chi connectivity index (χ1n) is 4.46. The second-order valence-electron chi connectivity index (χ2n) is 3.05. The Balaban J connectivity index is 2.50. The molecule has 0 spiro atoms. The first-order chi connectivity index (χ1) is 7.13. The molecule has 0 radical (unpaired) electrons. The third kappa shape index (κ3) is 3.99. The molecule has 1 atom stereocenters. The fourth-order valence-electron chi connectivity index (χ4n) is 0.978. The lowest BCUT2D eigenvalue weighted by Gasteiger charge is -2.08. The number of halogens is 1. The molecule has 0 fully saturated rings. The monoisotopic (exact) mass is 273 g/mol. The van der Waals surface area contributed by atoms with Crippen molar-refractivity contribution in [1.82, 2.24) is 5.32 Å². The molecule has 0 aliphatic rings. The summed E-state index contributed by atoms with van der Waals surface area (Å²) in [4.78, 5) is 11.5. The zero-order valence-electron chi connectivity index (χ0n) is 7.98. The fourth-order valence-corrected chi connectivity index (χ4v) is 1.24. The summed E-state index contributed by atoms with van der Waals surface area (Å²) < 4.78 is 0.898. The van der Waals surface area contributed by atoms with Gasteiger partial charge in [-0.15, -0.1) is 0 Å². The average molecular weight is 274 g/mol. The minimum atomic E-state index is -0.913. The van der Waals surface area contributed by atoms with Crippen molar-refractivity contribution in [3.05, 3.63) is 34.3 Å². The van der Waals surface area contributed by atoms with Crippen molar-refractivity contribution >= 4 is 21.8 Å². The van der Waals surface area contributed by atoms with E-state index in [4.69, 9.17) is 10.2 Å². The normalized spacial score (nSPS) is 12.2. The van der Waals surface area contributed by atoms with Gasteiger partial charge in [0.2, 0.25) is 0 Å². The molecule has 3 N–H and O–H groups in total. The van der Waals surface area contributed by atoms with Crippen molar-refractivity contribution in [1.29, 1.82) is 0 Å². The number of aliphatic hydroxyl groups is 2. The Labute approximate surface area is 96.1 Å². The Bertz CT molecular complexity index is 326. The highest BCUT2D eigenvalue weighted by molar-refractivity contribution is 9.10. The van der Waals surface area contributed by atoms with Crippen molar-refractivity contribution in [3.8, 4) is 0 Å². The molecule has 1 aromatic rings. The van der Waals surface area contributed by atoms with E-state index in [-0.39, 0.29) is 19.1 Å². The molecule has 0 aliphatic carbocycles. The van der Waals surface area contributed by atoms with Crippen molar-refractivity contribution in [2.75, 3.05) is 13.2 Å². The summed E-state index contributed by atoms with van der Waals surface area (Å²) in [6.07, 6.45) is -0.913. The molecule has 5 heteroatoms. The number of rotatable bonds is 4. The van der Waals surface area contributed by atoms with Crippen LogP contribution in [0.15, 0.2) is 28.7 Å². The van der Waals surface area contributed by atoms with Gasteiger partial charge in [0.05, 0.1) is 12.7 Å². The van der Waals surface area contributed by atoms with Gasteiger partial charge >= 0.3 is 0 Å². The van der Waals surface area contributed by atoms with Crippen LogP contribution in [0.3, 0.4) is 0 Å². The topological polar surface area (TPSA) is 69.6 Å². The second kappa shape index (κ2) is 5.85. The van der Waals surface area contributed by atoms with Gasteiger partial charge in [0.1, 0.15) is 0 Å². The van der Waals surface area contributed by atoms with E-state index in [9.17, 15) is 4.79 Å². The summed E-state index contributed by atoms with van der Waals surface area (Å²) in [5.74, 6) is -0.269. The van der Waals surface area contributed by atoms with Crippen LogP contribution in [-0.2, 0) is 0 Å². The summed E-state index contributed by atoms with van der Waals surface area (Å²) >= 11 is 3.26. The number of carbonyl (C=O) groups excluding carboxylic acids is 1.